The number of para-hydroxylation sites is 4. The Morgan fingerprint density at radius 3 is 0.756 bits per heavy atom. The molecular formula is C118H79BN4. The molecule has 0 aliphatic carbocycles. The summed E-state index contributed by atoms with van der Waals surface area (Å²) in [5.41, 5.74) is 31.2. The van der Waals surface area contributed by atoms with E-state index in [2.05, 4.69) is 464 Å². The largest absolute Gasteiger partial charge is 0.310 e. The van der Waals surface area contributed by atoms with Crippen LogP contribution in [0, 0.1) is 0 Å². The zero-order valence-corrected chi connectivity index (χ0v) is 68.3. The lowest BCUT2D eigenvalue weighted by Gasteiger charge is -2.46. The second-order valence-electron chi connectivity index (χ2n) is 34.5. The number of hydrogen-bond acceptors (Lipinski definition) is 2. The zero-order chi connectivity index (χ0) is 81.3. The van der Waals surface area contributed by atoms with E-state index in [1.54, 1.807) is 0 Å². The Morgan fingerprint density at radius 2 is 0.447 bits per heavy atom. The van der Waals surface area contributed by atoms with E-state index in [1.807, 2.05) is 0 Å². The molecule has 0 atom stereocenters. The van der Waals surface area contributed by atoms with E-state index in [1.165, 1.54) is 97.6 Å². The molecular weight excluding hydrogens is 1480 g/mol. The predicted molar refractivity (Wildman–Crippen MR) is 526 cm³/mol. The predicted octanol–water partition coefficient (Wildman–Crippen LogP) is 30.2. The van der Waals surface area contributed by atoms with Gasteiger partial charge in [-0.3, -0.25) is 0 Å². The van der Waals surface area contributed by atoms with E-state index in [0.29, 0.717) is 0 Å². The summed E-state index contributed by atoms with van der Waals surface area (Å²) in [4.78, 5) is 5.56. The van der Waals surface area contributed by atoms with E-state index in [4.69, 9.17) is 0 Å². The van der Waals surface area contributed by atoms with Crippen molar-refractivity contribution in [2.24, 2.45) is 0 Å². The van der Waals surface area contributed by atoms with Crippen LogP contribution in [0.25, 0.3) is 186 Å². The third-order valence-corrected chi connectivity index (χ3v) is 26.7. The van der Waals surface area contributed by atoms with Gasteiger partial charge < -0.3 is 18.6 Å². The van der Waals surface area contributed by atoms with Gasteiger partial charge in [0.2, 0.25) is 0 Å². The van der Waals surface area contributed by atoms with Crippen LogP contribution < -0.4 is 26.2 Å². The average Bonchev–Trinajstić information content (AvgIpc) is 1.44. The quantitative estimate of drug-likeness (QED) is 0.141. The lowest BCUT2D eigenvalue weighted by Crippen LogP contribution is -2.61. The van der Waals surface area contributed by atoms with Gasteiger partial charge in [0, 0.05) is 88.1 Å². The molecule has 2 aliphatic rings. The van der Waals surface area contributed by atoms with Gasteiger partial charge in [0.25, 0.3) is 6.71 Å². The maximum Gasteiger partial charge on any atom is 0.252 e. The molecule has 2 aliphatic heterocycles. The van der Waals surface area contributed by atoms with Crippen LogP contribution in [0.4, 0.5) is 34.1 Å². The van der Waals surface area contributed by atoms with Crippen molar-refractivity contribution in [1.82, 2.24) is 8.80 Å². The molecule has 0 radical (unpaired) electrons. The summed E-state index contributed by atoms with van der Waals surface area (Å²) in [7, 11) is 0. The van der Waals surface area contributed by atoms with Crippen LogP contribution in [0.2, 0.25) is 0 Å². The number of hydrogen-bond donors (Lipinski definition) is 0. The second-order valence-corrected chi connectivity index (χ2v) is 34.5. The molecule has 0 unspecified atom stereocenters. The van der Waals surface area contributed by atoms with E-state index in [-0.39, 0.29) is 0 Å². The highest BCUT2D eigenvalue weighted by Gasteiger charge is 2.47. The van der Waals surface area contributed by atoms with Crippen molar-refractivity contribution in [2.75, 3.05) is 9.80 Å². The molecule has 0 fully saturated rings. The van der Waals surface area contributed by atoms with Gasteiger partial charge in [0.05, 0.1) is 44.5 Å². The van der Waals surface area contributed by atoms with Gasteiger partial charge in [0.1, 0.15) is 0 Å². The molecule has 0 saturated heterocycles. The molecule has 123 heavy (non-hydrogen) atoms. The molecule has 4 nitrogen and oxygen atoms in total. The van der Waals surface area contributed by atoms with Crippen molar-refractivity contribution in [3.05, 3.63) is 430 Å². The van der Waals surface area contributed by atoms with Crippen LogP contribution in [-0.2, 0) is 5.41 Å². The van der Waals surface area contributed by atoms with Crippen molar-refractivity contribution < 1.29 is 0 Å². The summed E-state index contributed by atoms with van der Waals surface area (Å²) in [5.74, 6) is 0. The van der Waals surface area contributed by atoms with Crippen molar-refractivity contribution in [1.29, 1.82) is 0 Å². The minimum Gasteiger partial charge on any atom is -0.310 e. The molecule has 0 bridgehead atoms. The van der Waals surface area contributed by atoms with Crippen molar-refractivity contribution >= 4 is 177 Å². The van der Waals surface area contributed by atoms with Crippen LogP contribution in [-0.4, -0.2) is 15.5 Å². The van der Waals surface area contributed by atoms with Gasteiger partial charge in [0.15, 0.2) is 0 Å². The van der Waals surface area contributed by atoms with Crippen molar-refractivity contribution in [2.45, 2.75) is 26.2 Å². The standard InChI is InChI=1S/C118H79BN4/c1-118(2,3)82-68-111-113-112(69-82)123(117-99(78-44-18-8-19-45-78)66-81(75-38-12-5-13-39-75)67-100(117)79-46-20-9-21-47-79)110-73-108-102(90-55-29-25-51-86(90)84-49-23-27-53-88(84)94-59-35-61-96-92-57-31-33-63-106(92)121(108)115(94)96)71-104(110)119(113)103-70-101-89-54-28-24-50-85(89)83-48-22-26-52-87(83)93-58-34-60-95-91-56-30-32-62-105(91)120(114(93)95)107(101)72-109(103)122(111)116-97(76-40-14-6-15-41-76)64-80(74-36-10-4-11-37-74)65-98(116)77-42-16-7-17-43-77/h4-73H,1-3H3. The normalized spacial score (nSPS) is 12.6. The second kappa shape index (κ2) is 27.5. The first-order chi connectivity index (χ1) is 60.7. The Kier molecular flexibility index (Phi) is 15.8. The smallest absolute Gasteiger partial charge is 0.252 e. The molecule has 19 aromatic carbocycles. The van der Waals surface area contributed by atoms with Gasteiger partial charge >= 0.3 is 0 Å². The number of benzene rings is 19. The monoisotopic (exact) mass is 1560 g/mol. The number of fused-ring (bicyclic) bond motifs is 24. The SMILES string of the molecule is CC(C)(C)c1cc2c3c(c1)N(c1c(-c4ccccc4)cc(-c4ccccc4)cc1-c1ccccc1)c1cc4c(cc1B3c1cc3c5ccccc5c5ccccc5c5cccc6c7ccccc7n(c3cc1N2c1c(-c2ccccc2)cc(-c2ccccc2)cc1-c1ccccc1)c56)c1ccccc1c1ccccc1c1cccc2c3ccccc3n4c12. The highest BCUT2D eigenvalue weighted by Crippen LogP contribution is 2.57. The highest BCUT2D eigenvalue weighted by molar-refractivity contribution is 7.00. The fourth-order valence-electron chi connectivity index (χ4n) is 21.3. The summed E-state index contributed by atoms with van der Waals surface area (Å²) in [6.45, 7) is 6.82. The van der Waals surface area contributed by atoms with Gasteiger partial charge in [-0.1, -0.05) is 385 Å². The third kappa shape index (κ3) is 10.8. The molecule has 6 heterocycles. The lowest BCUT2D eigenvalue weighted by molar-refractivity contribution is 0.590. The Hall–Kier alpha value is -15.6. The minimum atomic E-state index is -0.438. The van der Waals surface area contributed by atoms with Crippen molar-refractivity contribution in [3.8, 4) is 66.8 Å². The Balaban J connectivity index is 0.962. The number of aromatic nitrogens is 2. The van der Waals surface area contributed by atoms with Gasteiger partial charge in [-0.15, -0.1) is 0 Å². The highest BCUT2D eigenvalue weighted by atomic mass is 15.2. The topological polar surface area (TPSA) is 15.3 Å². The van der Waals surface area contributed by atoms with Crippen molar-refractivity contribution in [3.63, 3.8) is 0 Å². The summed E-state index contributed by atoms with van der Waals surface area (Å²) in [5, 5.41) is 18.9. The molecule has 0 N–H and O–H groups in total. The number of anilines is 6. The maximum absolute atomic E-state index is 2.78. The van der Waals surface area contributed by atoms with Gasteiger partial charge in [-0.05, 0) is 176 Å². The van der Waals surface area contributed by atoms with Crippen LogP contribution in [0.5, 0.6) is 0 Å². The molecule has 0 amide bonds. The molecule has 574 valence electrons. The Bertz CT molecular complexity index is 7850. The summed E-state index contributed by atoms with van der Waals surface area (Å²) >= 11 is 0. The average molecular weight is 1560 g/mol. The number of nitrogens with zero attached hydrogens (tertiary/aromatic N) is 4. The summed E-state index contributed by atoms with van der Waals surface area (Å²) in [6.07, 6.45) is 0. The first kappa shape index (κ1) is 70.5. The van der Waals surface area contributed by atoms with E-state index in [9.17, 15) is 0 Å². The molecule has 5 heteroatoms. The molecule has 23 aromatic rings. The third-order valence-electron chi connectivity index (χ3n) is 26.7. The zero-order valence-electron chi connectivity index (χ0n) is 68.3. The van der Waals surface area contributed by atoms with E-state index >= 15 is 0 Å². The van der Waals surface area contributed by atoms with Crippen LogP contribution in [0.1, 0.15) is 26.3 Å². The summed E-state index contributed by atoms with van der Waals surface area (Å²) < 4.78 is 5.31. The van der Waals surface area contributed by atoms with Crippen LogP contribution in [0.3, 0.4) is 0 Å². The fourth-order valence-corrected chi connectivity index (χ4v) is 21.3. The minimum absolute atomic E-state index is 0.424. The first-order valence-corrected chi connectivity index (χ1v) is 43.0. The first-order valence-electron chi connectivity index (χ1n) is 43.0. The summed E-state index contributed by atoms with van der Waals surface area (Å²) in [6, 6.07) is 162. The molecule has 4 aromatic heterocycles. The van der Waals surface area contributed by atoms with E-state index in [0.717, 1.165) is 144 Å². The van der Waals surface area contributed by atoms with Gasteiger partial charge in [-0.25, -0.2) is 0 Å². The van der Waals surface area contributed by atoms with E-state index < -0.39 is 12.1 Å². The lowest BCUT2D eigenvalue weighted by atomic mass is 9.33. The fraction of sp³-hybridized carbons (Fsp3) is 0.0339. The Morgan fingerprint density at radius 1 is 0.195 bits per heavy atom. The number of rotatable bonds is 8. The Labute approximate surface area is 713 Å². The maximum atomic E-state index is 2.78. The molecule has 0 saturated carbocycles. The van der Waals surface area contributed by atoms with Crippen LogP contribution >= 0.6 is 0 Å². The molecule has 0 spiro atoms. The van der Waals surface area contributed by atoms with Gasteiger partial charge in [-0.2, -0.15) is 0 Å². The molecule has 25 rings (SSSR count). The van der Waals surface area contributed by atoms with Crippen LogP contribution in [0.15, 0.2) is 425 Å².